The fourth-order valence-corrected chi connectivity index (χ4v) is 5.25. The van der Waals surface area contributed by atoms with Crippen LogP contribution in [0.1, 0.15) is 82.8 Å². The van der Waals surface area contributed by atoms with Crippen LogP contribution in [0.2, 0.25) is 0 Å². The minimum Gasteiger partial charge on any atom is -0.598 e. The van der Waals surface area contributed by atoms with E-state index in [9.17, 15) is 9.35 Å². The molecule has 1 aliphatic carbocycles. The Morgan fingerprint density at radius 3 is 2.53 bits per heavy atom. The van der Waals surface area contributed by atoms with E-state index in [1.807, 2.05) is 44.4 Å². The zero-order valence-electron chi connectivity index (χ0n) is 18.0. The van der Waals surface area contributed by atoms with Gasteiger partial charge in [0.15, 0.2) is 0 Å². The molecule has 8 heteroatoms. The molecule has 1 aromatic heterocycles. The first-order valence-corrected chi connectivity index (χ1v) is 12.6. The monoisotopic (exact) mass is 495 g/mol. The number of fused-ring (bicyclic) bond motifs is 1. The van der Waals surface area contributed by atoms with Crippen LogP contribution in [0.25, 0.3) is 10.9 Å². The number of nitrogens with zero attached hydrogens (tertiary/aromatic N) is 2. The second kappa shape index (κ2) is 8.54. The summed E-state index contributed by atoms with van der Waals surface area (Å²) in [6, 6.07) is 3.91. The predicted molar refractivity (Wildman–Crippen MR) is 124 cm³/mol. The van der Waals surface area contributed by atoms with Gasteiger partial charge in [0, 0.05) is 46.6 Å². The molecule has 4 rings (SSSR count). The van der Waals surface area contributed by atoms with E-state index in [0.717, 1.165) is 41.5 Å². The van der Waals surface area contributed by atoms with Gasteiger partial charge in [0.2, 0.25) is 0 Å². The molecule has 0 amide bonds. The van der Waals surface area contributed by atoms with Gasteiger partial charge in [-0.15, -0.1) is 4.72 Å². The van der Waals surface area contributed by atoms with Gasteiger partial charge in [0.05, 0.1) is 16.9 Å². The molecule has 1 saturated heterocycles. The van der Waals surface area contributed by atoms with Gasteiger partial charge in [0.25, 0.3) is 5.56 Å². The van der Waals surface area contributed by atoms with Crippen molar-refractivity contribution >= 4 is 38.2 Å². The van der Waals surface area contributed by atoms with Crippen LogP contribution >= 0.6 is 15.9 Å². The maximum Gasteiger partial charge on any atom is 0.261 e. The highest BCUT2D eigenvalue weighted by atomic mass is 79.9. The molecule has 1 unspecified atom stereocenters. The molecule has 0 radical (unpaired) electrons. The van der Waals surface area contributed by atoms with Gasteiger partial charge in [-0.1, -0.05) is 15.9 Å². The number of benzene rings is 1. The van der Waals surface area contributed by atoms with E-state index in [1.165, 1.54) is 0 Å². The normalized spacial score (nSPS) is 20.5. The maximum absolute atomic E-state index is 13.6. The highest BCUT2D eigenvalue weighted by Crippen LogP contribution is 2.39. The fourth-order valence-electron chi connectivity index (χ4n) is 3.97. The van der Waals surface area contributed by atoms with Crippen molar-refractivity contribution in [2.45, 2.75) is 76.1 Å². The van der Waals surface area contributed by atoms with Crippen molar-refractivity contribution in [2.75, 3.05) is 13.2 Å². The van der Waals surface area contributed by atoms with Crippen LogP contribution in [-0.4, -0.2) is 32.1 Å². The molecule has 164 valence electrons. The zero-order chi connectivity index (χ0) is 21.6. The minimum absolute atomic E-state index is 0.0377. The Morgan fingerprint density at radius 2 is 1.93 bits per heavy atom. The first-order valence-electron chi connectivity index (χ1n) is 10.7. The Labute approximate surface area is 189 Å². The average Bonchev–Trinajstić information content (AvgIpc) is 3.52. The third-order valence-corrected chi connectivity index (χ3v) is 7.97. The number of halogens is 1. The summed E-state index contributed by atoms with van der Waals surface area (Å²) >= 11 is 2.34. The van der Waals surface area contributed by atoms with E-state index in [2.05, 4.69) is 20.7 Å². The van der Waals surface area contributed by atoms with Crippen LogP contribution in [0.4, 0.5) is 0 Å². The average molecular weight is 496 g/mol. The standard InChI is InChI=1S/C22H30BrN3O3S/c1-13(25-30(28)22(2,3)4)17-11-15(23)12-18-19(17)24-20(14-7-9-29-10-8-14)26(21(18)27)16-5-6-16/h11-14,16,25H,5-10H2,1-4H3/t13-,30?/m1/s1. The number of hydrogen-bond acceptors (Lipinski definition) is 5. The van der Waals surface area contributed by atoms with Gasteiger partial charge in [-0.3, -0.25) is 9.36 Å². The molecule has 0 spiro atoms. The zero-order valence-corrected chi connectivity index (χ0v) is 20.4. The summed E-state index contributed by atoms with van der Waals surface area (Å²) in [6.07, 6.45) is 3.84. The largest absolute Gasteiger partial charge is 0.598 e. The summed E-state index contributed by atoms with van der Waals surface area (Å²) in [7, 11) is 0. The van der Waals surface area contributed by atoms with E-state index in [4.69, 9.17) is 9.72 Å². The Kier molecular flexibility index (Phi) is 6.34. The summed E-state index contributed by atoms with van der Waals surface area (Å²) in [5, 5.41) is 0.622. The fraction of sp³-hybridized carbons (Fsp3) is 0.636. The van der Waals surface area contributed by atoms with Crippen molar-refractivity contribution in [1.82, 2.24) is 14.3 Å². The molecular formula is C22H30BrN3O3S. The van der Waals surface area contributed by atoms with E-state index >= 15 is 0 Å². The quantitative estimate of drug-likeness (QED) is 0.617. The summed E-state index contributed by atoms with van der Waals surface area (Å²) in [5.41, 5.74) is 1.65. The number of rotatable bonds is 5. The van der Waals surface area contributed by atoms with E-state index in [1.54, 1.807) is 0 Å². The Hall–Kier alpha value is -0.930. The molecule has 2 aliphatic rings. The SMILES string of the molecule is C[C@@H](N[S+]([O-])C(C)(C)C)c1cc(Br)cc2c(=O)n(C3CC3)c(C3CCOCC3)nc12. The van der Waals surface area contributed by atoms with Crippen LogP contribution in [0.3, 0.4) is 0 Å². The van der Waals surface area contributed by atoms with Crippen molar-refractivity contribution in [1.29, 1.82) is 0 Å². The number of ether oxygens (including phenoxy) is 1. The first-order chi connectivity index (χ1) is 14.2. The van der Waals surface area contributed by atoms with Gasteiger partial charge >= 0.3 is 0 Å². The summed E-state index contributed by atoms with van der Waals surface area (Å²) in [6.45, 7) is 9.22. The van der Waals surface area contributed by atoms with Crippen molar-refractivity contribution in [3.8, 4) is 0 Å². The van der Waals surface area contributed by atoms with Gasteiger partial charge in [0.1, 0.15) is 10.6 Å². The summed E-state index contributed by atoms with van der Waals surface area (Å²) in [4.78, 5) is 18.7. The van der Waals surface area contributed by atoms with Gasteiger partial charge in [-0.25, -0.2) is 4.98 Å². The highest BCUT2D eigenvalue weighted by molar-refractivity contribution is 9.10. The van der Waals surface area contributed by atoms with E-state index < -0.39 is 11.4 Å². The van der Waals surface area contributed by atoms with Crippen LogP contribution in [0.5, 0.6) is 0 Å². The first kappa shape index (κ1) is 22.3. The maximum atomic E-state index is 13.6. The summed E-state index contributed by atoms with van der Waals surface area (Å²) in [5.74, 6) is 1.13. The predicted octanol–water partition coefficient (Wildman–Crippen LogP) is 4.50. The van der Waals surface area contributed by atoms with Crippen LogP contribution in [0, 0.1) is 0 Å². The molecule has 1 saturated carbocycles. The van der Waals surface area contributed by atoms with Crippen LogP contribution in [0.15, 0.2) is 21.4 Å². The molecule has 1 N–H and O–H groups in total. The Bertz CT molecular complexity index is 994. The second-order valence-electron chi connectivity index (χ2n) is 9.37. The van der Waals surface area contributed by atoms with Gasteiger partial charge < -0.3 is 9.29 Å². The Balaban J connectivity index is 1.85. The molecule has 0 bridgehead atoms. The molecule has 2 fully saturated rings. The smallest absolute Gasteiger partial charge is 0.261 e. The molecule has 2 heterocycles. The van der Waals surface area contributed by atoms with Crippen molar-refractivity contribution < 1.29 is 9.29 Å². The minimum atomic E-state index is -1.23. The lowest BCUT2D eigenvalue weighted by Gasteiger charge is -2.28. The second-order valence-corrected chi connectivity index (χ2v) is 12.3. The molecule has 6 nitrogen and oxygen atoms in total. The van der Waals surface area contributed by atoms with Gasteiger partial charge in [-0.05, 0) is 65.5 Å². The number of hydrogen-bond donors (Lipinski definition) is 1. The van der Waals surface area contributed by atoms with Crippen LogP contribution < -0.4 is 10.3 Å². The lowest BCUT2D eigenvalue weighted by Crippen LogP contribution is -2.40. The van der Waals surface area contributed by atoms with Gasteiger partial charge in [-0.2, -0.15) is 0 Å². The van der Waals surface area contributed by atoms with E-state index in [0.29, 0.717) is 24.1 Å². The summed E-state index contributed by atoms with van der Waals surface area (Å²) < 4.78 is 23.8. The molecule has 1 aliphatic heterocycles. The molecule has 2 aromatic rings. The molecule has 2 atom stereocenters. The topological polar surface area (TPSA) is 79.2 Å². The third kappa shape index (κ3) is 4.48. The van der Waals surface area contributed by atoms with E-state index in [-0.39, 0.29) is 28.3 Å². The lowest BCUT2D eigenvalue weighted by molar-refractivity contribution is 0.0825. The Morgan fingerprint density at radius 1 is 1.27 bits per heavy atom. The number of nitrogens with one attached hydrogen (secondary N) is 1. The number of aromatic nitrogens is 2. The van der Waals surface area contributed by atoms with Crippen molar-refractivity contribution in [3.05, 3.63) is 38.3 Å². The van der Waals surface area contributed by atoms with Crippen molar-refractivity contribution in [2.24, 2.45) is 0 Å². The molecule has 30 heavy (non-hydrogen) atoms. The molecule has 1 aromatic carbocycles. The lowest BCUT2D eigenvalue weighted by atomic mass is 9.98. The molecular weight excluding hydrogens is 466 g/mol. The third-order valence-electron chi connectivity index (χ3n) is 5.83. The van der Waals surface area contributed by atoms with Crippen molar-refractivity contribution in [3.63, 3.8) is 0 Å². The highest BCUT2D eigenvalue weighted by Gasteiger charge is 2.33. The van der Waals surface area contributed by atoms with Crippen LogP contribution in [-0.2, 0) is 16.1 Å².